The van der Waals surface area contributed by atoms with Crippen molar-refractivity contribution in [2.24, 2.45) is 11.7 Å². The zero-order chi connectivity index (χ0) is 16.5. The predicted molar refractivity (Wildman–Crippen MR) is 90.8 cm³/mol. The zero-order valence-corrected chi connectivity index (χ0v) is 14.1. The van der Waals surface area contributed by atoms with E-state index in [-0.39, 0.29) is 11.6 Å². The number of Topliss-reactive ketones (excluding diaryl/α,β-unsaturated/α-hetero) is 2. The highest BCUT2D eigenvalue weighted by Gasteiger charge is 2.13. The minimum atomic E-state index is -0.415. The first-order valence-electron chi connectivity index (χ1n) is 8.24. The van der Waals surface area contributed by atoms with Gasteiger partial charge in [0.2, 0.25) is 0 Å². The molecule has 0 saturated heterocycles. The van der Waals surface area contributed by atoms with Gasteiger partial charge in [-0.1, -0.05) is 44.5 Å². The van der Waals surface area contributed by atoms with Crippen LogP contribution in [0.25, 0.3) is 0 Å². The molecule has 0 aliphatic rings. The Kier molecular flexibility index (Phi) is 8.03. The molecule has 0 saturated carbocycles. The molecule has 1 aromatic rings. The third-order valence-corrected chi connectivity index (χ3v) is 3.75. The fourth-order valence-corrected chi connectivity index (χ4v) is 2.50. The van der Waals surface area contributed by atoms with Crippen molar-refractivity contribution in [3.8, 4) is 0 Å². The number of nitrogens with two attached hydrogens (primary N) is 1. The Labute approximate surface area is 134 Å². The topological polar surface area (TPSA) is 60.2 Å². The number of benzene rings is 1. The fourth-order valence-electron chi connectivity index (χ4n) is 2.50. The van der Waals surface area contributed by atoms with Gasteiger partial charge < -0.3 is 10.5 Å². The van der Waals surface area contributed by atoms with Gasteiger partial charge in [-0.25, -0.2) is 0 Å². The summed E-state index contributed by atoms with van der Waals surface area (Å²) in [6, 6.07) is 7.83. The number of ketones is 2. The molecular formula is C19H29NO2. The van der Waals surface area contributed by atoms with Crippen molar-refractivity contribution in [2.45, 2.75) is 65.3 Å². The van der Waals surface area contributed by atoms with E-state index in [0.29, 0.717) is 25.2 Å². The van der Waals surface area contributed by atoms with Gasteiger partial charge in [-0.2, -0.15) is 0 Å². The van der Waals surface area contributed by atoms with Crippen LogP contribution < -0.4 is 5.73 Å². The maximum absolute atomic E-state index is 12.1. The van der Waals surface area contributed by atoms with Gasteiger partial charge in [0, 0.05) is 12.8 Å². The number of carbonyl (C=O) groups is 2. The van der Waals surface area contributed by atoms with Crippen LogP contribution in [0.3, 0.4) is 0 Å². The highest BCUT2D eigenvalue weighted by molar-refractivity contribution is 5.85. The minimum absolute atomic E-state index is 0.0828. The molecule has 0 amide bonds. The number of rotatable bonds is 10. The lowest BCUT2D eigenvalue weighted by Crippen LogP contribution is -2.31. The predicted octanol–water partition coefficient (Wildman–Crippen LogP) is 3.47. The van der Waals surface area contributed by atoms with Crippen LogP contribution in [0.4, 0.5) is 0 Å². The largest absolute Gasteiger partial charge is 0.321 e. The second-order valence-corrected chi connectivity index (χ2v) is 6.61. The maximum Gasteiger partial charge on any atom is 0.153 e. The van der Waals surface area contributed by atoms with Crippen molar-refractivity contribution >= 4 is 11.6 Å². The van der Waals surface area contributed by atoms with E-state index in [2.05, 4.69) is 26.0 Å². The van der Waals surface area contributed by atoms with Crippen LogP contribution in [0.15, 0.2) is 24.3 Å². The van der Waals surface area contributed by atoms with Gasteiger partial charge in [0.1, 0.15) is 5.78 Å². The van der Waals surface area contributed by atoms with Crippen molar-refractivity contribution in [2.75, 3.05) is 0 Å². The third kappa shape index (κ3) is 7.51. The standard InChI is InChI=1S/C19H29NO2/c1-14(2)12-16-8-10-17(11-9-16)13-19(22)18(20)7-5-4-6-15(3)21/h8-11,14,18H,4-7,12-13,20H2,1-3H3/t18-/m0/s1. The summed E-state index contributed by atoms with van der Waals surface area (Å²) in [5.74, 6) is 0.914. The van der Waals surface area contributed by atoms with Gasteiger partial charge in [-0.3, -0.25) is 4.79 Å². The molecule has 1 rings (SSSR count). The Balaban J connectivity index is 2.38. The first-order valence-corrected chi connectivity index (χ1v) is 8.24. The van der Waals surface area contributed by atoms with E-state index in [9.17, 15) is 9.59 Å². The second-order valence-electron chi connectivity index (χ2n) is 6.61. The summed E-state index contributed by atoms with van der Waals surface area (Å²) in [4.78, 5) is 23.0. The van der Waals surface area contributed by atoms with Crippen LogP contribution in [-0.4, -0.2) is 17.6 Å². The lowest BCUT2D eigenvalue weighted by Gasteiger charge is -2.11. The maximum atomic E-state index is 12.1. The molecule has 22 heavy (non-hydrogen) atoms. The Hall–Kier alpha value is -1.48. The summed E-state index contributed by atoms with van der Waals surface area (Å²) in [7, 11) is 0. The van der Waals surface area contributed by atoms with Crippen molar-refractivity contribution < 1.29 is 9.59 Å². The smallest absolute Gasteiger partial charge is 0.153 e. The van der Waals surface area contributed by atoms with Crippen molar-refractivity contribution in [1.29, 1.82) is 0 Å². The number of hydrogen-bond acceptors (Lipinski definition) is 3. The van der Waals surface area contributed by atoms with E-state index in [1.165, 1.54) is 5.56 Å². The minimum Gasteiger partial charge on any atom is -0.321 e. The van der Waals surface area contributed by atoms with Gasteiger partial charge in [-0.15, -0.1) is 0 Å². The van der Waals surface area contributed by atoms with E-state index in [4.69, 9.17) is 5.73 Å². The highest BCUT2D eigenvalue weighted by Crippen LogP contribution is 2.12. The summed E-state index contributed by atoms with van der Waals surface area (Å²) >= 11 is 0. The van der Waals surface area contributed by atoms with Crippen LogP contribution in [-0.2, 0) is 22.4 Å². The first-order chi connectivity index (χ1) is 10.4. The Morgan fingerprint density at radius 3 is 2.18 bits per heavy atom. The molecule has 2 N–H and O–H groups in total. The summed E-state index contributed by atoms with van der Waals surface area (Å²) in [6.45, 7) is 5.99. The molecule has 0 heterocycles. The molecular weight excluding hydrogens is 274 g/mol. The first kappa shape index (κ1) is 18.6. The summed E-state index contributed by atoms with van der Waals surface area (Å²) in [5, 5.41) is 0. The van der Waals surface area contributed by atoms with Gasteiger partial charge in [0.15, 0.2) is 5.78 Å². The van der Waals surface area contributed by atoms with E-state index in [1.54, 1.807) is 6.92 Å². The molecule has 1 aromatic carbocycles. The molecule has 0 radical (unpaired) electrons. The third-order valence-electron chi connectivity index (χ3n) is 3.75. The molecule has 122 valence electrons. The summed E-state index contributed by atoms with van der Waals surface area (Å²) < 4.78 is 0. The van der Waals surface area contributed by atoms with Crippen LogP contribution in [0.2, 0.25) is 0 Å². The molecule has 0 fully saturated rings. The summed E-state index contributed by atoms with van der Waals surface area (Å²) in [5.41, 5.74) is 8.27. The van der Waals surface area contributed by atoms with Crippen LogP contribution >= 0.6 is 0 Å². The van der Waals surface area contributed by atoms with Gasteiger partial charge in [-0.05, 0) is 43.2 Å². The van der Waals surface area contributed by atoms with Gasteiger partial charge >= 0.3 is 0 Å². The fraction of sp³-hybridized carbons (Fsp3) is 0.579. The average Bonchev–Trinajstić information content (AvgIpc) is 2.44. The van der Waals surface area contributed by atoms with Crippen molar-refractivity contribution in [3.05, 3.63) is 35.4 Å². The second kappa shape index (κ2) is 9.52. The number of carbonyl (C=O) groups excluding carboxylic acids is 2. The van der Waals surface area contributed by atoms with Crippen molar-refractivity contribution in [1.82, 2.24) is 0 Å². The van der Waals surface area contributed by atoms with E-state index in [0.717, 1.165) is 24.8 Å². The molecule has 0 aliphatic carbocycles. The molecule has 3 heteroatoms. The van der Waals surface area contributed by atoms with E-state index >= 15 is 0 Å². The Morgan fingerprint density at radius 2 is 1.64 bits per heavy atom. The highest BCUT2D eigenvalue weighted by atomic mass is 16.1. The van der Waals surface area contributed by atoms with Crippen LogP contribution in [0.1, 0.15) is 57.6 Å². The molecule has 0 spiro atoms. The Morgan fingerprint density at radius 1 is 1.05 bits per heavy atom. The average molecular weight is 303 g/mol. The van der Waals surface area contributed by atoms with Crippen LogP contribution in [0, 0.1) is 5.92 Å². The van der Waals surface area contributed by atoms with Gasteiger partial charge in [0.05, 0.1) is 6.04 Å². The van der Waals surface area contributed by atoms with Crippen molar-refractivity contribution in [3.63, 3.8) is 0 Å². The lowest BCUT2D eigenvalue weighted by molar-refractivity contribution is -0.119. The summed E-state index contributed by atoms with van der Waals surface area (Å²) in [6.07, 6.45) is 4.36. The SMILES string of the molecule is CC(=O)CCCC[C@H](N)C(=O)Cc1ccc(CC(C)C)cc1. The molecule has 0 unspecified atom stereocenters. The Bertz CT molecular complexity index is 477. The number of unbranched alkanes of at least 4 members (excludes halogenated alkanes) is 1. The van der Waals surface area contributed by atoms with E-state index < -0.39 is 6.04 Å². The molecule has 0 aliphatic heterocycles. The van der Waals surface area contributed by atoms with Crippen LogP contribution in [0.5, 0.6) is 0 Å². The molecule has 1 atom stereocenters. The molecule has 0 bridgehead atoms. The molecule has 3 nitrogen and oxygen atoms in total. The monoisotopic (exact) mass is 303 g/mol. The van der Waals surface area contributed by atoms with Gasteiger partial charge in [0.25, 0.3) is 0 Å². The lowest BCUT2D eigenvalue weighted by atomic mass is 9.97. The zero-order valence-electron chi connectivity index (χ0n) is 14.1. The molecule has 0 aromatic heterocycles. The normalized spacial score (nSPS) is 12.4. The quantitative estimate of drug-likeness (QED) is 0.673. The van der Waals surface area contributed by atoms with E-state index in [1.807, 2.05) is 12.1 Å². The number of hydrogen-bond donors (Lipinski definition) is 1.